The standard InChI is InChI=1S/C25H24FN3O3/c1-27-19-11-8-17(9-12-19)23-22(18-10-13-21(31-3)20(26)14-18)24(30)29(2)25(28-23)32-15-16-6-4-5-7-16/h8-14,16H,4-7,15H2,2-3H3. The molecule has 6 nitrogen and oxygen atoms in total. The van der Waals surface area contributed by atoms with Crippen molar-refractivity contribution in [2.24, 2.45) is 13.0 Å². The topological polar surface area (TPSA) is 57.7 Å². The van der Waals surface area contributed by atoms with Gasteiger partial charge in [0.05, 0.1) is 31.5 Å². The van der Waals surface area contributed by atoms with Crippen molar-refractivity contribution < 1.29 is 13.9 Å². The second-order valence-electron chi connectivity index (χ2n) is 7.95. The van der Waals surface area contributed by atoms with E-state index in [0.29, 0.717) is 35.0 Å². The summed E-state index contributed by atoms with van der Waals surface area (Å²) < 4.78 is 26.8. The Hall–Kier alpha value is -3.66. The highest BCUT2D eigenvalue weighted by Gasteiger charge is 2.22. The van der Waals surface area contributed by atoms with Crippen LogP contribution in [-0.2, 0) is 7.05 Å². The van der Waals surface area contributed by atoms with E-state index >= 15 is 0 Å². The van der Waals surface area contributed by atoms with Crippen molar-refractivity contribution in [1.29, 1.82) is 0 Å². The van der Waals surface area contributed by atoms with Crippen LogP contribution in [0.4, 0.5) is 10.1 Å². The van der Waals surface area contributed by atoms with Gasteiger partial charge in [-0.25, -0.2) is 9.24 Å². The van der Waals surface area contributed by atoms with E-state index in [0.717, 1.165) is 12.8 Å². The first-order valence-electron chi connectivity index (χ1n) is 10.6. The van der Waals surface area contributed by atoms with Gasteiger partial charge in [-0.1, -0.05) is 43.2 Å². The van der Waals surface area contributed by atoms with E-state index in [1.54, 1.807) is 37.4 Å². The second-order valence-corrected chi connectivity index (χ2v) is 7.95. The van der Waals surface area contributed by atoms with Gasteiger partial charge in [0.25, 0.3) is 11.6 Å². The van der Waals surface area contributed by atoms with Crippen molar-refractivity contribution in [3.8, 4) is 34.1 Å². The molecule has 0 radical (unpaired) electrons. The van der Waals surface area contributed by atoms with E-state index in [-0.39, 0.29) is 22.9 Å². The number of halogens is 1. The number of rotatable bonds is 6. The van der Waals surface area contributed by atoms with Crippen LogP contribution in [0.5, 0.6) is 11.8 Å². The molecule has 1 heterocycles. The van der Waals surface area contributed by atoms with E-state index in [9.17, 15) is 9.18 Å². The summed E-state index contributed by atoms with van der Waals surface area (Å²) >= 11 is 0. The molecular weight excluding hydrogens is 409 g/mol. The van der Waals surface area contributed by atoms with Gasteiger partial charge in [0.1, 0.15) is 0 Å². The lowest BCUT2D eigenvalue weighted by Gasteiger charge is -2.17. The minimum atomic E-state index is -0.567. The summed E-state index contributed by atoms with van der Waals surface area (Å²) in [6.07, 6.45) is 4.62. The number of nitrogens with zero attached hydrogens (tertiary/aromatic N) is 3. The molecular formula is C25H24FN3O3. The van der Waals surface area contributed by atoms with Gasteiger partial charge in [0, 0.05) is 7.05 Å². The predicted molar refractivity (Wildman–Crippen MR) is 121 cm³/mol. The fourth-order valence-corrected chi connectivity index (χ4v) is 4.07. The number of benzene rings is 2. The Labute approximate surface area is 186 Å². The average Bonchev–Trinajstić information content (AvgIpc) is 3.33. The van der Waals surface area contributed by atoms with Gasteiger partial charge in [-0.3, -0.25) is 9.36 Å². The fourth-order valence-electron chi connectivity index (χ4n) is 4.07. The van der Waals surface area contributed by atoms with E-state index < -0.39 is 5.82 Å². The van der Waals surface area contributed by atoms with E-state index in [1.807, 2.05) is 0 Å². The van der Waals surface area contributed by atoms with Crippen LogP contribution >= 0.6 is 0 Å². The first-order valence-corrected chi connectivity index (χ1v) is 10.6. The number of hydrogen-bond donors (Lipinski definition) is 0. The zero-order valence-electron chi connectivity index (χ0n) is 18.1. The SMILES string of the molecule is [C-]#[N+]c1ccc(-c2nc(OCC3CCCC3)n(C)c(=O)c2-c2ccc(OC)c(F)c2)cc1. The molecule has 1 aliphatic carbocycles. The Morgan fingerprint density at radius 2 is 1.84 bits per heavy atom. The first kappa shape index (κ1) is 21.6. The molecule has 7 heteroatoms. The van der Waals surface area contributed by atoms with Gasteiger partial charge < -0.3 is 9.47 Å². The number of hydrogen-bond acceptors (Lipinski definition) is 4. The zero-order valence-corrected chi connectivity index (χ0v) is 18.1. The van der Waals surface area contributed by atoms with E-state index in [1.165, 1.54) is 36.7 Å². The van der Waals surface area contributed by atoms with Crippen molar-refractivity contribution in [1.82, 2.24) is 9.55 Å². The molecule has 164 valence electrons. The maximum absolute atomic E-state index is 14.5. The molecule has 32 heavy (non-hydrogen) atoms. The summed E-state index contributed by atoms with van der Waals surface area (Å²) in [5, 5.41) is 0. The Morgan fingerprint density at radius 3 is 2.47 bits per heavy atom. The molecule has 1 aliphatic rings. The third kappa shape index (κ3) is 4.22. The van der Waals surface area contributed by atoms with Gasteiger partial charge in [0.2, 0.25) is 0 Å². The lowest BCUT2D eigenvalue weighted by molar-refractivity contribution is 0.224. The van der Waals surface area contributed by atoms with Crippen molar-refractivity contribution in [2.45, 2.75) is 25.7 Å². The molecule has 3 aromatic rings. The van der Waals surface area contributed by atoms with Crippen molar-refractivity contribution in [3.05, 3.63) is 70.1 Å². The molecule has 0 N–H and O–H groups in total. The molecule has 1 saturated carbocycles. The Morgan fingerprint density at radius 1 is 1.16 bits per heavy atom. The summed E-state index contributed by atoms with van der Waals surface area (Å²) in [6.45, 7) is 7.68. The fraction of sp³-hybridized carbons (Fsp3) is 0.320. The normalized spacial score (nSPS) is 13.7. The summed E-state index contributed by atoms with van der Waals surface area (Å²) in [7, 11) is 2.99. The van der Waals surface area contributed by atoms with Crippen LogP contribution < -0.4 is 15.0 Å². The number of aromatic nitrogens is 2. The highest BCUT2D eigenvalue weighted by molar-refractivity contribution is 5.81. The third-order valence-corrected chi connectivity index (χ3v) is 5.88. The quantitative estimate of drug-likeness (QED) is 0.490. The summed E-state index contributed by atoms with van der Waals surface area (Å²) in [4.78, 5) is 21.5. The van der Waals surface area contributed by atoms with Gasteiger partial charge in [-0.05, 0) is 42.0 Å². The summed E-state index contributed by atoms with van der Waals surface area (Å²) in [6, 6.07) is 11.4. The zero-order chi connectivity index (χ0) is 22.7. The maximum atomic E-state index is 14.5. The summed E-state index contributed by atoms with van der Waals surface area (Å²) in [5.74, 6) is -0.00964. The highest BCUT2D eigenvalue weighted by Crippen LogP contribution is 2.33. The van der Waals surface area contributed by atoms with Crippen LogP contribution in [0.2, 0.25) is 0 Å². The Bertz CT molecular complexity index is 1220. The molecule has 0 aliphatic heterocycles. The van der Waals surface area contributed by atoms with Gasteiger partial charge in [0.15, 0.2) is 17.3 Å². The predicted octanol–water partition coefficient (Wildman–Crippen LogP) is 5.38. The number of methoxy groups -OCH3 is 1. The molecule has 0 atom stereocenters. The summed E-state index contributed by atoms with van der Waals surface area (Å²) in [5.41, 5.74) is 1.83. The molecule has 0 spiro atoms. The largest absolute Gasteiger partial charge is 0.494 e. The van der Waals surface area contributed by atoms with E-state index in [4.69, 9.17) is 16.0 Å². The molecule has 0 amide bonds. The molecule has 4 rings (SSSR count). The molecule has 1 fully saturated rings. The minimum absolute atomic E-state index is 0.0954. The highest BCUT2D eigenvalue weighted by atomic mass is 19.1. The van der Waals surface area contributed by atoms with Crippen LogP contribution in [0.1, 0.15) is 25.7 Å². The minimum Gasteiger partial charge on any atom is -0.494 e. The molecule has 0 bridgehead atoms. The van der Waals surface area contributed by atoms with Crippen molar-refractivity contribution in [3.63, 3.8) is 0 Å². The Balaban J connectivity index is 1.85. The monoisotopic (exact) mass is 433 g/mol. The van der Waals surface area contributed by atoms with E-state index in [2.05, 4.69) is 9.83 Å². The maximum Gasteiger partial charge on any atom is 0.299 e. The third-order valence-electron chi connectivity index (χ3n) is 5.88. The van der Waals surface area contributed by atoms with Crippen LogP contribution in [0, 0.1) is 18.3 Å². The lowest BCUT2D eigenvalue weighted by Crippen LogP contribution is -2.24. The van der Waals surface area contributed by atoms with Crippen LogP contribution in [0.3, 0.4) is 0 Å². The lowest BCUT2D eigenvalue weighted by atomic mass is 10.00. The van der Waals surface area contributed by atoms with Gasteiger partial charge in [-0.2, -0.15) is 4.98 Å². The average molecular weight is 433 g/mol. The van der Waals surface area contributed by atoms with Gasteiger partial charge in [-0.15, -0.1) is 0 Å². The molecule has 0 unspecified atom stereocenters. The van der Waals surface area contributed by atoms with Crippen molar-refractivity contribution in [2.75, 3.05) is 13.7 Å². The van der Waals surface area contributed by atoms with Gasteiger partial charge >= 0.3 is 0 Å². The second kappa shape index (κ2) is 9.23. The van der Waals surface area contributed by atoms with Crippen LogP contribution in [-0.4, -0.2) is 23.3 Å². The van der Waals surface area contributed by atoms with Crippen molar-refractivity contribution >= 4 is 5.69 Å². The molecule has 2 aromatic carbocycles. The number of ether oxygens (including phenoxy) is 2. The Kier molecular flexibility index (Phi) is 6.22. The molecule has 1 aromatic heterocycles. The van der Waals surface area contributed by atoms with Crippen LogP contribution in [0.15, 0.2) is 47.3 Å². The smallest absolute Gasteiger partial charge is 0.299 e. The first-order chi connectivity index (χ1) is 15.5. The van der Waals surface area contributed by atoms with Crippen LogP contribution in [0.25, 0.3) is 27.2 Å². The molecule has 0 saturated heterocycles.